The van der Waals surface area contributed by atoms with Gasteiger partial charge in [-0.1, -0.05) is 35.0 Å². The minimum atomic E-state index is -3.53. The molecule has 48 heavy (non-hydrogen) atoms. The van der Waals surface area contributed by atoms with E-state index in [1.165, 1.54) is 17.0 Å². The average molecular weight is 700 g/mol. The Balaban J connectivity index is 1.09. The number of likely N-dealkylation sites (tertiary alicyclic amines) is 2. The van der Waals surface area contributed by atoms with Gasteiger partial charge in [-0.15, -0.1) is 0 Å². The van der Waals surface area contributed by atoms with Gasteiger partial charge in [-0.2, -0.15) is 4.31 Å². The van der Waals surface area contributed by atoms with Crippen molar-refractivity contribution in [3.05, 3.63) is 58.6 Å². The predicted molar refractivity (Wildman–Crippen MR) is 190 cm³/mol. The SMILES string of the molecule is CON=C1CCN(S(=O)(=O)c2ccc(CC3CCN(CCCN(C(=O)C4CCN(C(C)=O)CC4)c4ccc(C)c(Cl)c4)CC3)cc2)CC1. The lowest BCUT2D eigenvalue weighted by Crippen LogP contribution is -2.45. The number of hydrogen-bond acceptors (Lipinski definition) is 7. The lowest BCUT2D eigenvalue weighted by Gasteiger charge is -2.35. The van der Waals surface area contributed by atoms with Crippen LogP contribution in [-0.4, -0.2) is 99.5 Å². The molecular formula is C36H50ClN5O5S. The molecule has 0 atom stereocenters. The Kier molecular flexibility index (Phi) is 12.6. The van der Waals surface area contributed by atoms with Crippen molar-refractivity contribution in [2.75, 3.05) is 64.4 Å². The summed E-state index contributed by atoms with van der Waals surface area (Å²) in [6.07, 6.45) is 6.52. The molecule has 262 valence electrons. The summed E-state index contributed by atoms with van der Waals surface area (Å²) in [5.74, 6) is 0.646. The normalized spacial score (nSPS) is 18.9. The van der Waals surface area contributed by atoms with Crippen LogP contribution in [0.25, 0.3) is 0 Å². The standard InChI is InChI=1S/C36H50ClN5O5S/c1-27-5-8-33(26-35(27)37)42(36(44)31-13-21-40(22-14-31)28(2)43)18-4-17-39-19-11-30(12-20-39)25-29-6-9-34(10-7-29)48(45,46)41-23-15-32(16-24-41)38-47-3/h5-10,26,30-31H,4,11-25H2,1-3H3. The van der Waals surface area contributed by atoms with Crippen LogP contribution >= 0.6 is 11.6 Å². The molecule has 0 spiro atoms. The number of oxime groups is 1. The summed E-state index contributed by atoms with van der Waals surface area (Å²) >= 11 is 6.48. The van der Waals surface area contributed by atoms with Crippen molar-refractivity contribution in [2.24, 2.45) is 17.0 Å². The topological polar surface area (TPSA) is 103 Å². The van der Waals surface area contributed by atoms with Gasteiger partial charge in [0.25, 0.3) is 0 Å². The van der Waals surface area contributed by atoms with E-state index in [0.29, 0.717) is 74.2 Å². The number of aryl methyl sites for hydroxylation is 1. The minimum Gasteiger partial charge on any atom is -0.399 e. The van der Waals surface area contributed by atoms with Crippen molar-refractivity contribution < 1.29 is 22.8 Å². The smallest absolute Gasteiger partial charge is 0.243 e. The van der Waals surface area contributed by atoms with Crippen molar-refractivity contribution in [1.29, 1.82) is 0 Å². The van der Waals surface area contributed by atoms with Crippen molar-refractivity contribution >= 4 is 44.8 Å². The number of hydrogen-bond donors (Lipinski definition) is 0. The monoisotopic (exact) mass is 699 g/mol. The van der Waals surface area contributed by atoms with Crippen molar-refractivity contribution in [2.45, 2.75) is 70.1 Å². The molecule has 3 heterocycles. The molecule has 0 unspecified atom stereocenters. The first-order chi connectivity index (χ1) is 23.0. The fourth-order valence-electron chi connectivity index (χ4n) is 7.13. The second-order valence-corrected chi connectivity index (χ2v) is 15.8. The number of halogens is 1. The Labute approximate surface area is 291 Å². The fraction of sp³-hybridized carbons (Fsp3) is 0.583. The molecule has 2 amide bonds. The number of anilines is 1. The fourth-order valence-corrected chi connectivity index (χ4v) is 8.75. The van der Waals surface area contributed by atoms with Crippen molar-refractivity contribution in [3.8, 4) is 0 Å². The van der Waals surface area contributed by atoms with Gasteiger partial charge in [-0.3, -0.25) is 9.59 Å². The summed E-state index contributed by atoms with van der Waals surface area (Å²) in [7, 11) is -2.02. The average Bonchev–Trinajstić information content (AvgIpc) is 3.09. The van der Waals surface area contributed by atoms with E-state index in [1.807, 2.05) is 47.1 Å². The molecule has 12 heteroatoms. The summed E-state index contributed by atoms with van der Waals surface area (Å²) in [5.41, 5.74) is 3.88. The largest absolute Gasteiger partial charge is 0.399 e. The van der Waals surface area contributed by atoms with Crippen LogP contribution in [0.4, 0.5) is 5.69 Å². The summed E-state index contributed by atoms with van der Waals surface area (Å²) in [6, 6.07) is 13.3. The number of amides is 2. The highest BCUT2D eigenvalue weighted by Gasteiger charge is 2.31. The molecular weight excluding hydrogens is 650 g/mol. The number of nitrogens with zero attached hydrogens (tertiary/aromatic N) is 5. The van der Waals surface area contributed by atoms with Gasteiger partial charge in [-0.25, -0.2) is 8.42 Å². The maximum atomic E-state index is 13.8. The molecule has 3 saturated heterocycles. The third-order valence-corrected chi connectivity index (χ3v) is 12.5. The zero-order valence-corrected chi connectivity index (χ0v) is 30.1. The molecule has 0 bridgehead atoms. The van der Waals surface area contributed by atoms with Crippen LogP contribution in [0.5, 0.6) is 0 Å². The third-order valence-electron chi connectivity index (χ3n) is 10.2. The van der Waals surface area contributed by atoms with Crippen LogP contribution in [0.2, 0.25) is 5.02 Å². The highest BCUT2D eigenvalue weighted by molar-refractivity contribution is 7.89. The molecule has 3 aliphatic rings. The van der Waals surface area contributed by atoms with Crippen LogP contribution < -0.4 is 4.90 Å². The Hall–Kier alpha value is -2.99. The van der Waals surface area contributed by atoms with E-state index in [-0.39, 0.29) is 17.7 Å². The Bertz CT molecular complexity index is 1540. The predicted octanol–water partition coefficient (Wildman–Crippen LogP) is 5.37. The summed E-state index contributed by atoms with van der Waals surface area (Å²) < 4.78 is 27.9. The summed E-state index contributed by atoms with van der Waals surface area (Å²) in [4.78, 5) is 37.0. The van der Waals surface area contributed by atoms with E-state index in [1.54, 1.807) is 19.1 Å². The maximum Gasteiger partial charge on any atom is 0.243 e. The minimum absolute atomic E-state index is 0.0670. The first-order valence-electron chi connectivity index (χ1n) is 17.3. The molecule has 0 N–H and O–H groups in total. The zero-order valence-electron chi connectivity index (χ0n) is 28.6. The lowest BCUT2D eigenvalue weighted by atomic mass is 9.90. The Morgan fingerprint density at radius 1 is 0.958 bits per heavy atom. The first kappa shape index (κ1) is 36.3. The summed E-state index contributed by atoms with van der Waals surface area (Å²) in [5, 5.41) is 4.63. The second kappa shape index (κ2) is 16.6. The molecule has 3 fully saturated rings. The molecule has 10 nitrogen and oxygen atoms in total. The molecule has 0 aromatic heterocycles. The van der Waals surface area contributed by atoms with Crippen molar-refractivity contribution in [1.82, 2.24) is 14.1 Å². The molecule has 0 saturated carbocycles. The lowest BCUT2D eigenvalue weighted by molar-refractivity contribution is -0.133. The van der Waals surface area contributed by atoms with E-state index >= 15 is 0 Å². The van der Waals surface area contributed by atoms with E-state index in [9.17, 15) is 18.0 Å². The summed E-state index contributed by atoms with van der Waals surface area (Å²) in [6.45, 7) is 9.19. The quantitative estimate of drug-likeness (QED) is 0.292. The number of sulfonamides is 1. The second-order valence-electron chi connectivity index (χ2n) is 13.4. The number of rotatable bonds is 11. The number of piperidine rings is 3. The van der Waals surface area contributed by atoms with E-state index < -0.39 is 10.0 Å². The van der Waals surface area contributed by atoms with Crippen molar-refractivity contribution in [3.63, 3.8) is 0 Å². The molecule has 2 aromatic carbocycles. The Morgan fingerprint density at radius 2 is 1.62 bits per heavy atom. The first-order valence-corrected chi connectivity index (χ1v) is 19.1. The van der Waals surface area contributed by atoms with Gasteiger partial charge in [0.15, 0.2) is 0 Å². The number of carbonyl (C=O) groups is 2. The molecule has 2 aromatic rings. The van der Waals surface area contributed by atoms with Gasteiger partial charge in [0.1, 0.15) is 7.11 Å². The maximum absolute atomic E-state index is 13.8. The van der Waals surface area contributed by atoms with Gasteiger partial charge in [0.2, 0.25) is 21.8 Å². The van der Waals surface area contributed by atoms with Gasteiger partial charge < -0.3 is 19.5 Å². The van der Waals surface area contributed by atoms with Crippen LogP contribution in [0.3, 0.4) is 0 Å². The Morgan fingerprint density at radius 3 is 2.23 bits per heavy atom. The molecule has 5 rings (SSSR count). The molecule has 3 aliphatic heterocycles. The van der Waals surface area contributed by atoms with E-state index in [2.05, 4.69) is 10.1 Å². The van der Waals surface area contributed by atoms with E-state index in [4.69, 9.17) is 16.4 Å². The van der Waals surface area contributed by atoms with Gasteiger partial charge in [0.05, 0.1) is 10.6 Å². The van der Waals surface area contributed by atoms with Gasteiger partial charge in [-0.05, 0) is 106 Å². The highest BCUT2D eigenvalue weighted by Crippen LogP contribution is 2.29. The number of carbonyl (C=O) groups excluding carboxylic acids is 2. The van der Waals surface area contributed by atoms with Gasteiger partial charge >= 0.3 is 0 Å². The third kappa shape index (κ3) is 9.16. The van der Waals surface area contributed by atoms with Crippen LogP contribution in [0, 0.1) is 18.8 Å². The van der Waals surface area contributed by atoms with Crippen LogP contribution in [0.1, 0.15) is 63.0 Å². The molecule has 0 radical (unpaired) electrons. The van der Waals surface area contributed by atoms with E-state index in [0.717, 1.165) is 62.3 Å². The van der Waals surface area contributed by atoms with Gasteiger partial charge in [0, 0.05) is 69.1 Å². The zero-order chi connectivity index (χ0) is 34.3. The highest BCUT2D eigenvalue weighted by atomic mass is 35.5. The van der Waals surface area contributed by atoms with Crippen LogP contribution in [0.15, 0.2) is 52.5 Å². The van der Waals surface area contributed by atoms with Crippen LogP contribution in [-0.2, 0) is 30.9 Å². The number of benzene rings is 2. The molecule has 0 aliphatic carbocycles.